The second kappa shape index (κ2) is 11.0. The van der Waals surface area contributed by atoms with Crippen LogP contribution in [-0.2, 0) is 14.3 Å². The van der Waals surface area contributed by atoms with Crippen LogP contribution in [0, 0.1) is 0 Å². The number of anilines is 1. The number of benzene rings is 2. The fourth-order valence-corrected chi connectivity index (χ4v) is 2.89. The van der Waals surface area contributed by atoms with Gasteiger partial charge in [0.15, 0.2) is 6.10 Å². The van der Waals surface area contributed by atoms with E-state index in [1.165, 1.54) is 6.08 Å². The first kappa shape index (κ1) is 23.0. The average molecular weight is 411 g/mol. The average Bonchev–Trinajstić information content (AvgIpc) is 2.77. The van der Waals surface area contributed by atoms with E-state index in [0.29, 0.717) is 23.0 Å². The Labute approximate surface area is 177 Å². The predicted octanol–water partition coefficient (Wildman–Crippen LogP) is 4.80. The molecule has 0 aliphatic rings. The lowest BCUT2D eigenvalue weighted by molar-refractivity contribution is -0.148. The number of para-hydroxylation sites is 1. The van der Waals surface area contributed by atoms with Crippen molar-refractivity contribution in [2.75, 3.05) is 19.5 Å². The van der Waals surface area contributed by atoms with Gasteiger partial charge in [-0.05, 0) is 55.2 Å². The zero-order valence-electron chi connectivity index (χ0n) is 18.1. The minimum absolute atomic E-state index is 0.306. The summed E-state index contributed by atoms with van der Waals surface area (Å²) in [5.41, 5.74) is 2.45. The predicted molar refractivity (Wildman–Crippen MR) is 118 cm³/mol. The summed E-state index contributed by atoms with van der Waals surface area (Å²) in [5.74, 6) is 0.521. The maximum Gasteiger partial charge on any atom is 0.331 e. The van der Waals surface area contributed by atoms with Gasteiger partial charge in [-0.25, -0.2) is 4.79 Å². The van der Waals surface area contributed by atoms with Crippen LogP contribution in [0.1, 0.15) is 44.2 Å². The number of carbonyl (C=O) groups is 2. The van der Waals surface area contributed by atoms with Crippen LogP contribution in [-0.4, -0.2) is 32.2 Å². The van der Waals surface area contributed by atoms with E-state index >= 15 is 0 Å². The van der Waals surface area contributed by atoms with E-state index in [9.17, 15) is 9.59 Å². The number of hydrogen-bond donors (Lipinski definition) is 1. The van der Waals surface area contributed by atoms with Crippen molar-refractivity contribution in [3.05, 3.63) is 59.7 Å². The molecule has 0 aromatic heterocycles. The van der Waals surface area contributed by atoms with Gasteiger partial charge in [-0.1, -0.05) is 32.0 Å². The lowest BCUT2D eigenvalue weighted by atomic mass is 9.97. The van der Waals surface area contributed by atoms with E-state index in [1.807, 2.05) is 24.3 Å². The SMILES string of the molecule is CC[C@H](C)c1ccccc1NC(=O)[C@H](C)OC(=O)/C=C/c1cc(OC)ccc1OC. The van der Waals surface area contributed by atoms with Crippen LogP contribution in [0.5, 0.6) is 11.5 Å². The molecular formula is C24H29NO5. The number of ether oxygens (including phenoxy) is 3. The van der Waals surface area contributed by atoms with E-state index in [4.69, 9.17) is 14.2 Å². The van der Waals surface area contributed by atoms with Gasteiger partial charge in [-0.2, -0.15) is 0 Å². The van der Waals surface area contributed by atoms with E-state index < -0.39 is 12.1 Å². The quantitative estimate of drug-likeness (QED) is 0.474. The molecule has 2 aromatic carbocycles. The third kappa shape index (κ3) is 6.11. The van der Waals surface area contributed by atoms with Crippen LogP contribution in [0.3, 0.4) is 0 Å². The molecule has 0 aliphatic heterocycles. The second-order valence-electron chi connectivity index (χ2n) is 6.91. The van der Waals surface area contributed by atoms with Gasteiger partial charge in [-0.15, -0.1) is 0 Å². The molecule has 0 aliphatic carbocycles. The summed E-state index contributed by atoms with van der Waals surface area (Å²) in [6, 6.07) is 12.9. The largest absolute Gasteiger partial charge is 0.497 e. The number of nitrogens with one attached hydrogen (secondary N) is 1. The van der Waals surface area contributed by atoms with Crippen molar-refractivity contribution < 1.29 is 23.8 Å². The second-order valence-corrected chi connectivity index (χ2v) is 6.91. The molecule has 0 fully saturated rings. The van der Waals surface area contributed by atoms with Gasteiger partial charge in [0, 0.05) is 17.3 Å². The third-order valence-electron chi connectivity index (χ3n) is 4.86. The Balaban J connectivity index is 2.03. The fourth-order valence-electron chi connectivity index (χ4n) is 2.89. The van der Waals surface area contributed by atoms with Crippen molar-refractivity contribution in [3.63, 3.8) is 0 Å². The van der Waals surface area contributed by atoms with Crippen LogP contribution in [0.2, 0.25) is 0 Å². The topological polar surface area (TPSA) is 73.9 Å². The summed E-state index contributed by atoms with van der Waals surface area (Å²) in [5, 5.41) is 2.86. The summed E-state index contributed by atoms with van der Waals surface area (Å²) in [6.07, 6.45) is 2.83. The minimum Gasteiger partial charge on any atom is -0.497 e. The Bertz CT molecular complexity index is 906. The first-order valence-corrected chi connectivity index (χ1v) is 9.90. The summed E-state index contributed by atoms with van der Waals surface area (Å²) >= 11 is 0. The number of rotatable bonds is 9. The van der Waals surface area contributed by atoms with Crippen LogP contribution >= 0.6 is 0 Å². The van der Waals surface area contributed by atoms with Crippen LogP contribution < -0.4 is 14.8 Å². The molecule has 6 nitrogen and oxygen atoms in total. The van der Waals surface area contributed by atoms with Gasteiger partial charge in [0.2, 0.25) is 0 Å². The Kier molecular flexibility index (Phi) is 8.47. The first-order chi connectivity index (χ1) is 14.4. The Morgan fingerprint density at radius 1 is 1.07 bits per heavy atom. The molecule has 0 spiro atoms. The molecule has 30 heavy (non-hydrogen) atoms. The van der Waals surface area contributed by atoms with Gasteiger partial charge < -0.3 is 19.5 Å². The van der Waals surface area contributed by atoms with Crippen molar-refractivity contribution in [1.29, 1.82) is 0 Å². The van der Waals surface area contributed by atoms with E-state index in [2.05, 4.69) is 19.2 Å². The van der Waals surface area contributed by atoms with Crippen molar-refractivity contribution in [2.45, 2.75) is 39.2 Å². The highest BCUT2D eigenvalue weighted by molar-refractivity contribution is 5.97. The number of carbonyl (C=O) groups excluding carboxylic acids is 2. The Hall–Kier alpha value is -3.28. The van der Waals surface area contributed by atoms with E-state index in [1.54, 1.807) is 45.4 Å². The Morgan fingerprint density at radius 3 is 2.47 bits per heavy atom. The monoisotopic (exact) mass is 411 g/mol. The molecular weight excluding hydrogens is 382 g/mol. The van der Waals surface area contributed by atoms with Gasteiger partial charge in [0.25, 0.3) is 5.91 Å². The van der Waals surface area contributed by atoms with E-state index in [-0.39, 0.29) is 5.91 Å². The van der Waals surface area contributed by atoms with Gasteiger partial charge in [0.05, 0.1) is 14.2 Å². The van der Waals surface area contributed by atoms with Crippen LogP contribution in [0.25, 0.3) is 6.08 Å². The van der Waals surface area contributed by atoms with Gasteiger partial charge in [0.1, 0.15) is 11.5 Å². The van der Waals surface area contributed by atoms with E-state index in [0.717, 1.165) is 17.7 Å². The normalized spacial score (nSPS) is 12.8. The number of esters is 1. The zero-order valence-corrected chi connectivity index (χ0v) is 18.1. The van der Waals surface area contributed by atoms with Crippen molar-refractivity contribution in [2.24, 2.45) is 0 Å². The molecule has 6 heteroatoms. The minimum atomic E-state index is -0.945. The molecule has 1 amide bonds. The molecule has 160 valence electrons. The highest BCUT2D eigenvalue weighted by Gasteiger charge is 2.19. The van der Waals surface area contributed by atoms with Crippen molar-refractivity contribution >= 4 is 23.6 Å². The van der Waals surface area contributed by atoms with Crippen LogP contribution in [0.15, 0.2) is 48.5 Å². The highest BCUT2D eigenvalue weighted by atomic mass is 16.5. The molecule has 0 saturated heterocycles. The number of methoxy groups -OCH3 is 2. The van der Waals surface area contributed by atoms with Crippen molar-refractivity contribution in [1.82, 2.24) is 0 Å². The molecule has 0 unspecified atom stereocenters. The van der Waals surface area contributed by atoms with Gasteiger partial charge in [-0.3, -0.25) is 4.79 Å². The lowest BCUT2D eigenvalue weighted by Gasteiger charge is -2.17. The molecule has 0 bridgehead atoms. The molecule has 1 N–H and O–H groups in total. The van der Waals surface area contributed by atoms with Crippen molar-refractivity contribution in [3.8, 4) is 11.5 Å². The highest BCUT2D eigenvalue weighted by Crippen LogP contribution is 2.27. The molecule has 2 rings (SSSR count). The zero-order chi connectivity index (χ0) is 22.1. The molecule has 0 saturated carbocycles. The first-order valence-electron chi connectivity index (χ1n) is 9.90. The number of hydrogen-bond acceptors (Lipinski definition) is 5. The third-order valence-corrected chi connectivity index (χ3v) is 4.86. The standard InChI is InChI=1S/C24H29NO5/c1-6-16(2)20-9-7-8-10-21(20)25-24(27)17(3)30-23(26)14-11-18-15-19(28-4)12-13-22(18)29-5/h7-17H,6H2,1-5H3,(H,25,27)/b14-11+/t16-,17-/m0/s1. The Morgan fingerprint density at radius 2 is 1.80 bits per heavy atom. The summed E-state index contributed by atoms with van der Waals surface area (Å²) in [4.78, 5) is 24.7. The number of amides is 1. The fraction of sp³-hybridized carbons (Fsp3) is 0.333. The maximum atomic E-state index is 12.5. The lowest BCUT2D eigenvalue weighted by Crippen LogP contribution is -2.29. The maximum absolute atomic E-state index is 12.5. The molecule has 0 radical (unpaired) electrons. The summed E-state index contributed by atoms with van der Waals surface area (Å²) < 4.78 is 15.7. The summed E-state index contributed by atoms with van der Waals surface area (Å²) in [6.45, 7) is 5.74. The molecule has 2 aromatic rings. The smallest absolute Gasteiger partial charge is 0.331 e. The summed E-state index contributed by atoms with van der Waals surface area (Å²) in [7, 11) is 3.10. The van der Waals surface area contributed by atoms with Crippen LogP contribution in [0.4, 0.5) is 5.69 Å². The molecule has 2 atom stereocenters. The molecule has 0 heterocycles. The van der Waals surface area contributed by atoms with Gasteiger partial charge >= 0.3 is 5.97 Å².